The number of carbonyl (C=O) groups is 2. The van der Waals surface area contributed by atoms with Gasteiger partial charge in [0.2, 0.25) is 0 Å². The Balaban J connectivity index is 1.55. The van der Waals surface area contributed by atoms with Crippen LogP contribution in [0.25, 0.3) is 10.9 Å². The first-order chi connectivity index (χ1) is 12.6. The number of hydrogen-bond donors (Lipinski definition) is 1. The molecular weight excluding hydrogens is 330 g/mol. The number of furan rings is 1. The zero-order valence-electron chi connectivity index (χ0n) is 14.4. The number of aryl methyl sites for hydroxylation is 1. The summed E-state index contributed by atoms with van der Waals surface area (Å²) in [7, 11) is 0. The lowest BCUT2D eigenvalue weighted by molar-refractivity contribution is -0.144. The maximum Gasteiger partial charge on any atom is 0.313 e. The van der Waals surface area contributed by atoms with Crippen molar-refractivity contribution in [3.63, 3.8) is 0 Å². The summed E-state index contributed by atoms with van der Waals surface area (Å²) in [5, 5.41) is 3.62. The Morgan fingerprint density at radius 3 is 2.85 bits per heavy atom. The van der Waals surface area contributed by atoms with E-state index in [1.807, 2.05) is 43.3 Å². The molecular formula is C20H19N3O3. The molecule has 6 heteroatoms. The Kier molecular flexibility index (Phi) is 4.16. The van der Waals surface area contributed by atoms with Crippen LogP contribution in [0.3, 0.4) is 0 Å². The molecule has 1 fully saturated rings. The quantitative estimate of drug-likeness (QED) is 0.719. The number of pyridine rings is 1. The van der Waals surface area contributed by atoms with E-state index in [0.29, 0.717) is 17.7 Å². The number of aromatic nitrogens is 1. The van der Waals surface area contributed by atoms with E-state index in [0.717, 1.165) is 29.7 Å². The SMILES string of the molecule is Cc1ccc([C@H]2CCCN2C(=O)C(=O)Nc2cccc3cccnc23)o1. The van der Waals surface area contributed by atoms with Crippen LogP contribution in [0, 0.1) is 6.92 Å². The fraction of sp³-hybridized carbons (Fsp3) is 0.250. The van der Waals surface area contributed by atoms with Crippen molar-refractivity contribution in [2.75, 3.05) is 11.9 Å². The molecule has 3 heterocycles. The van der Waals surface area contributed by atoms with Crippen LogP contribution in [-0.2, 0) is 9.59 Å². The second-order valence-corrected chi connectivity index (χ2v) is 6.44. The minimum atomic E-state index is -0.654. The molecule has 2 aromatic heterocycles. The van der Waals surface area contributed by atoms with E-state index in [4.69, 9.17) is 4.42 Å². The Labute approximate surface area is 150 Å². The highest BCUT2D eigenvalue weighted by Gasteiger charge is 2.35. The number of benzene rings is 1. The van der Waals surface area contributed by atoms with Gasteiger partial charge >= 0.3 is 11.8 Å². The molecule has 0 unspecified atom stereocenters. The summed E-state index contributed by atoms with van der Waals surface area (Å²) < 4.78 is 5.67. The van der Waals surface area contributed by atoms with Gasteiger partial charge in [0.1, 0.15) is 11.5 Å². The van der Waals surface area contributed by atoms with Crippen molar-refractivity contribution in [3.8, 4) is 0 Å². The first kappa shape index (κ1) is 16.3. The maximum absolute atomic E-state index is 12.7. The Morgan fingerprint density at radius 1 is 1.19 bits per heavy atom. The van der Waals surface area contributed by atoms with E-state index in [-0.39, 0.29) is 6.04 Å². The molecule has 1 atom stereocenters. The summed E-state index contributed by atoms with van der Waals surface area (Å²) >= 11 is 0. The molecule has 0 spiro atoms. The molecule has 132 valence electrons. The van der Waals surface area contributed by atoms with Gasteiger partial charge in [0.05, 0.1) is 17.2 Å². The summed E-state index contributed by atoms with van der Waals surface area (Å²) in [4.78, 5) is 31.2. The molecule has 1 aliphatic heterocycles. The van der Waals surface area contributed by atoms with E-state index in [2.05, 4.69) is 10.3 Å². The smallest absolute Gasteiger partial charge is 0.313 e. The zero-order chi connectivity index (χ0) is 18.1. The number of anilines is 1. The number of nitrogens with zero attached hydrogens (tertiary/aromatic N) is 2. The third-order valence-corrected chi connectivity index (χ3v) is 4.68. The first-order valence-electron chi connectivity index (χ1n) is 8.65. The zero-order valence-corrected chi connectivity index (χ0v) is 14.4. The molecule has 26 heavy (non-hydrogen) atoms. The molecule has 6 nitrogen and oxygen atoms in total. The largest absolute Gasteiger partial charge is 0.464 e. The van der Waals surface area contributed by atoms with Crippen LogP contribution >= 0.6 is 0 Å². The average Bonchev–Trinajstić information content (AvgIpc) is 3.30. The van der Waals surface area contributed by atoms with E-state index in [9.17, 15) is 9.59 Å². The Morgan fingerprint density at radius 2 is 2.04 bits per heavy atom. The minimum Gasteiger partial charge on any atom is -0.464 e. The van der Waals surface area contributed by atoms with E-state index < -0.39 is 11.8 Å². The molecule has 4 rings (SSSR count). The predicted octanol–water partition coefficient (Wildman–Crippen LogP) is 3.44. The summed E-state index contributed by atoms with van der Waals surface area (Å²) in [5.74, 6) is 0.325. The maximum atomic E-state index is 12.7. The Bertz CT molecular complexity index is 974. The molecule has 3 aromatic rings. The van der Waals surface area contributed by atoms with Gasteiger partial charge in [-0.2, -0.15) is 0 Å². The monoisotopic (exact) mass is 349 g/mol. The number of para-hydroxylation sites is 1. The van der Waals surface area contributed by atoms with Crippen LogP contribution in [-0.4, -0.2) is 28.2 Å². The lowest BCUT2D eigenvalue weighted by Crippen LogP contribution is -2.39. The van der Waals surface area contributed by atoms with Crippen molar-refractivity contribution in [2.24, 2.45) is 0 Å². The molecule has 1 N–H and O–H groups in total. The number of rotatable bonds is 2. The molecule has 1 saturated heterocycles. The number of fused-ring (bicyclic) bond motifs is 1. The third kappa shape index (κ3) is 2.94. The van der Waals surface area contributed by atoms with Crippen molar-refractivity contribution >= 4 is 28.4 Å². The van der Waals surface area contributed by atoms with Crippen molar-refractivity contribution in [1.82, 2.24) is 9.88 Å². The van der Waals surface area contributed by atoms with Crippen molar-refractivity contribution in [1.29, 1.82) is 0 Å². The van der Waals surface area contributed by atoms with Gasteiger partial charge < -0.3 is 14.6 Å². The van der Waals surface area contributed by atoms with Gasteiger partial charge in [-0.1, -0.05) is 18.2 Å². The summed E-state index contributed by atoms with van der Waals surface area (Å²) in [6.45, 7) is 2.41. The highest BCUT2D eigenvalue weighted by molar-refractivity contribution is 6.40. The van der Waals surface area contributed by atoms with Gasteiger partial charge in [-0.3, -0.25) is 14.6 Å². The average molecular weight is 349 g/mol. The first-order valence-corrected chi connectivity index (χ1v) is 8.65. The van der Waals surface area contributed by atoms with Gasteiger partial charge in [0.15, 0.2) is 0 Å². The second-order valence-electron chi connectivity index (χ2n) is 6.44. The van der Waals surface area contributed by atoms with Crippen LogP contribution in [0.15, 0.2) is 53.1 Å². The Hall–Kier alpha value is -3.15. The van der Waals surface area contributed by atoms with Crippen LogP contribution in [0.1, 0.15) is 30.4 Å². The molecule has 1 aromatic carbocycles. The van der Waals surface area contributed by atoms with Crippen molar-refractivity contribution in [3.05, 3.63) is 60.2 Å². The molecule has 0 bridgehead atoms. The fourth-order valence-electron chi connectivity index (χ4n) is 3.45. The number of amides is 2. The number of likely N-dealkylation sites (tertiary alicyclic amines) is 1. The van der Waals surface area contributed by atoms with Gasteiger partial charge in [0, 0.05) is 18.1 Å². The van der Waals surface area contributed by atoms with Crippen LogP contribution in [0.4, 0.5) is 5.69 Å². The number of carbonyl (C=O) groups excluding carboxylic acids is 2. The standard InChI is InChI=1S/C20H19N3O3/c1-13-9-10-17(26-13)16-8-4-12-23(16)20(25)19(24)22-15-7-2-5-14-6-3-11-21-18(14)15/h2-3,5-7,9-11,16H,4,8,12H2,1H3,(H,22,24)/t16-/m1/s1. The minimum absolute atomic E-state index is 0.187. The van der Waals surface area contributed by atoms with Crippen molar-refractivity contribution < 1.29 is 14.0 Å². The lowest BCUT2D eigenvalue weighted by atomic mass is 10.1. The van der Waals surface area contributed by atoms with Gasteiger partial charge in [-0.15, -0.1) is 0 Å². The van der Waals surface area contributed by atoms with E-state index in [1.54, 1.807) is 17.2 Å². The van der Waals surface area contributed by atoms with Crippen LogP contribution in [0.5, 0.6) is 0 Å². The summed E-state index contributed by atoms with van der Waals surface area (Å²) in [6, 6.07) is 12.8. The number of hydrogen-bond acceptors (Lipinski definition) is 4. The molecule has 0 saturated carbocycles. The topological polar surface area (TPSA) is 75.4 Å². The fourth-order valence-corrected chi connectivity index (χ4v) is 3.45. The van der Waals surface area contributed by atoms with E-state index >= 15 is 0 Å². The molecule has 2 amide bonds. The second kappa shape index (κ2) is 6.63. The van der Waals surface area contributed by atoms with Gasteiger partial charge in [-0.05, 0) is 44.0 Å². The molecule has 0 aliphatic carbocycles. The normalized spacial score (nSPS) is 16.8. The lowest BCUT2D eigenvalue weighted by Gasteiger charge is -2.22. The van der Waals surface area contributed by atoms with Crippen molar-refractivity contribution in [2.45, 2.75) is 25.8 Å². The van der Waals surface area contributed by atoms with Gasteiger partial charge in [0.25, 0.3) is 0 Å². The van der Waals surface area contributed by atoms with Crippen LogP contribution in [0.2, 0.25) is 0 Å². The highest BCUT2D eigenvalue weighted by Crippen LogP contribution is 2.33. The number of nitrogens with one attached hydrogen (secondary N) is 1. The van der Waals surface area contributed by atoms with Gasteiger partial charge in [-0.25, -0.2) is 0 Å². The van der Waals surface area contributed by atoms with Crippen LogP contribution < -0.4 is 5.32 Å². The summed E-state index contributed by atoms with van der Waals surface area (Å²) in [6.07, 6.45) is 3.30. The van der Waals surface area contributed by atoms with E-state index in [1.165, 1.54) is 0 Å². The summed E-state index contributed by atoms with van der Waals surface area (Å²) in [5.41, 5.74) is 1.20. The molecule has 1 aliphatic rings. The third-order valence-electron chi connectivity index (χ3n) is 4.68. The predicted molar refractivity (Wildman–Crippen MR) is 97.5 cm³/mol. The molecule has 0 radical (unpaired) electrons. The highest BCUT2D eigenvalue weighted by atomic mass is 16.3.